The molecule has 2 saturated heterocycles. The minimum absolute atomic E-state index is 0.0679. The largest absolute Gasteiger partial charge is 0.497 e. The predicted octanol–water partition coefficient (Wildman–Crippen LogP) is 2.39. The fourth-order valence-electron chi connectivity index (χ4n) is 4.27. The highest BCUT2D eigenvalue weighted by Crippen LogP contribution is 2.32. The molecule has 28 heavy (non-hydrogen) atoms. The van der Waals surface area contributed by atoms with E-state index in [0.717, 1.165) is 43.9 Å². The SMILES string of the molecule is COc1cccc(CN2C[C@@H](C(=O)NCc3cccnc3)C[C@H]3OCC[C@H]32)c1. The summed E-state index contributed by atoms with van der Waals surface area (Å²) >= 11 is 0. The molecule has 0 spiro atoms. The van der Waals surface area contributed by atoms with Crippen LogP contribution in [0.15, 0.2) is 48.8 Å². The van der Waals surface area contributed by atoms with E-state index in [1.165, 1.54) is 5.56 Å². The van der Waals surface area contributed by atoms with Crippen LogP contribution < -0.4 is 10.1 Å². The van der Waals surface area contributed by atoms with Crippen LogP contribution in [0.4, 0.5) is 0 Å². The number of methoxy groups -OCH3 is 1. The molecule has 3 atom stereocenters. The number of carbonyl (C=O) groups is 1. The summed E-state index contributed by atoms with van der Waals surface area (Å²) < 4.78 is 11.3. The molecule has 2 aliphatic rings. The Morgan fingerprint density at radius 1 is 1.32 bits per heavy atom. The number of nitrogens with one attached hydrogen (secondary N) is 1. The van der Waals surface area contributed by atoms with Gasteiger partial charge in [0.05, 0.1) is 19.1 Å². The van der Waals surface area contributed by atoms with E-state index in [4.69, 9.17) is 9.47 Å². The van der Waals surface area contributed by atoms with Crippen molar-refractivity contribution in [2.24, 2.45) is 5.92 Å². The second kappa shape index (κ2) is 8.71. The van der Waals surface area contributed by atoms with Gasteiger partial charge in [0.1, 0.15) is 5.75 Å². The quantitative estimate of drug-likeness (QED) is 0.832. The maximum absolute atomic E-state index is 12.8. The summed E-state index contributed by atoms with van der Waals surface area (Å²) in [7, 11) is 1.68. The van der Waals surface area contributed by atoms with Gasteiger partial charge in [0.25, 0.3) is 0 Å². The first kappa shape index (κ1) is 18.9. The number of carbonyl (C=O) groups excluding carboxylic acids is 1. The van der Waals surface area contributed by atoms with Crippen LogP contribution >= 0.6 is 0 Å². The van der Waals surface area contributed by atoms with Crippen LogP contribution in [0.3, 0.4) is 0 Å². The zero-order valence-corrected chi connectivity index (χ0v) is 16.2. The van der Waals surface area contributed by atoms with Crippen molar-refractivity contribution in [3.63, 3.8) is 0 Å². The summed E-state index contributed by atoms with van der Waals surface area (Å²) in [5.41, 5.74) is 2.20. The van der Waals surface area contributed by atoms with E-state index in [-0.39, 0.29) is 17.9 Å². The standard InChI is InChI=1S/C22H27N3O3/c1-27-19-6-2-4-16(10-19)14-25-15-18(11-21-20(25)7-9-28-21)22(26)24-13-17-5-3-8-23-12-17/h2-6,8,10,12,18,20-21H,7,9,11,13-15H2,1H3,(H,24,26)/t18-,20+,21+/m0/s1. The molecule has 0 unspecified atom stereocenters. The zero-order chi connectivity index (χ0) is 19.3. The Hall–Kier alpha value is -2.44. The summed E-state index contributed by atoms with van der Waals surface area (Å²) in [5.74, 6) is 0.884. The van der Waals surface area contributed by atoms with Gasteiger partial charge in [-0.05, 0) is 42.2 Å². The monoisotopic (exact) mass is 381 g/mol. The van der Waals surface area contributed by atoms with Gasteiger partial charge in [-0.25, -0.2) is 0 Å². The summed E-state index contributed by atoms with van der Waals surface area (Å²) in [4.78, 5) is 19.3. The Morgan fingerprint density at radius 2 is 2.21 bits per heavy atom. The highest BCUT2D eigenvalue weighted by atomic mass is 16.5. The minimum Gasteiger partial charge on any atom is -0.497 e. The number of nitrogens with zero attached hydrogens (tertiary/aromatic N) is 2. The number of ether oxygens (including phenoxy) is 2. The van der Waals surface area contributed by atoms with Gasteiger partial charge in [-0.15, -0.1) is 0 Å². The molecule has 6 heteroatoms. The van der Waals surface area contributed by atoms with Crippen molar-refractivity contribution in [3.05, 3.63) is 59.9 Å². The van der Waals surface area contributed by atoms with Crippen molar-refractivity contribution in [1.29, 1.82) is 0 Å². The molecule has 0 saturated carbocycles. The van der Waals surface area contributed by atoms with Gasteiger partial charge < -0.3 is 14.8 Å². The summed E-state index contributed by atoms with van der Waals surface area (Å²) in [5, 5.41) is 3.07. The lowest BCUT2D eigenvalue weighted by molar-refractivity contribution is -0.130. The van der Waals surface area contributed by atoms with Crippen molar-refractivity contribution in [1.82, 2.24) is 15.2 Å². The fourth-order valence-corrected chi connectivity index (χ4v) is 4.27. The van der Waals surface area contributed by atoms with Gasteiger partial charge in [-0.2, -0.15) is 0 Å². The Morgan fingerprint density at radius 3 is 3.04 bits per heavy atom. The van der Waals surface area contributed by atoms with Crippen molar-refractivity contribution in [2.75, 3.05) is 20.3 Å². The first-order valence-corrected chi connectivity index (χ1v) is 9.88. The van der Waals surface area contributed by atoms with Crippen molar-refractivity contribution in [2.45, 2.75) is 38.1 Å². The molecule has 2 aliphatic heterocycles. The number of aromatic nitrogens is 1. The number of likely N-dealkylation sites (tertiary alicyclic amines) is 1. The molecule has 6 nitrogen and oxygen atoms in total. The molecule has 2 aromatic rings. The molecule has 0 bridgehead atoms. The number of hydrogen-bond acceptors (Lipinski definition) is 5. The number of amides is 1. The van der Waals surface area contributed by atoms with Crippen LogP contribution in [-0.4, -0.2) is 48.2 Å². The Bertz CT molecular complexity index is 799. The fraction of sp³-hybridized carbons (Fsp3) is 0.455. The number of hydrogen-bond donors (Lipinski definition) is 1. The number of fused-ring (bicyclic) bond motifs is 1. The Labute approximate surface area is 165 Å². The Balaban J connectivity index is 1.42. The second-order valence-electron chi connectivity index (χ2n) is 7.56. The van der Waals surface area contributed by atoms with E-state index in [9.17, 15) is 4.79 Å². The van der Waals surface area contributed by atoms with Crippen LogP contribution in [0.1, 0.15) is 24.0 Å². The lowest BCUT2D eigenvalue weighted by atomic mass is 9.89. The van der Waals surface area contributed by atoms with Gasteiger partial charge in [0.2, 0.25) is 5.91 Å². The normalized spacial score (nSPS) is 24.5. The van der Waals surface area contributed by atoms with Gasteiger partial charge in [-0.3, -0.25) is 14.7 Å². The molecule has 0 radical (unpaired) electrons. The van der Waals surface area contributed by atoms with Gasteiger partial charge in [0, 0.05) is 44.7 Å². The number of benzene rings is 1. The molecule has 1 aromatic carbocycles. The first-order chi connectivity index (χ1) is 13.7. The number of pyridine rings is 1. The Kier molecular flexibility index (Phi) is 5.88. The molecular formula is C22H27N3O3. The average Bonchev–Trinajstić information content (AvgIpc) is 3.22. The van der Waals surface area contributed by atoms with Crippen LogP contribution in [0.2, 0.25) is 0 Å². The van der Waals surface area contributed by atoms with E-state index >= 15 is 0 Å². The third-order valence-electron chi connectivity index (χ3n) is 5.70. The third kappa shape index (κ3) is 4.34. The number of rotatable bonds is 6. The van der Waals surface area contributed by atoms with Gasteiger partial charge in [0.15, 0.2) is 0 Å². The second-order valence-corrected chi connectivity index (χ2v) is 7.56. The molecule has 1 aromatic heterocycles. The van der Waals surface area contributed by atoms with E-state index < -0.39 is 0 Å². The molecule has 1 amide bonds. The highest BCUT2D eigenvalue weighted by Gasteiger charge is 2.42. The molecule has 3 heterocycles. The van der Waals surface area contributed by atoms with Crippen molar-refractivity contribution in [3.8, 4) is 5.75 Å². The van der Waals surface area contributed by atoms with E-state index in [2.05, 4.69) is 27.3 Å². The first-order valence-electron chi connectivity index (χ1n) is 9.88. The highest BCUT2D eigenvalue weighted by molar-refractivity contribution is 5.79. The summed E-state index contributed by atoms with van der Waals surface area (Å²) in [6.45, 7) is 2.83. The topological polar surface area (TPSA) is 63.7 Å². The molecule has 148 valence electrons. The van der Waals surface area contributed by atoms with Crippen molar-refractivity contribution >= 4 is 5.91 Å². The maximum atomic E-state index is 12.8. The van der Waals surface area contributed by atoms with Crippen LogP contribution in [-0.2, 0) is 22.6 Å². The van der Waals surface area contributed by atoms with Crippen LogP contribution in [0.5, 0.6) is 5.75 Å². The predicted molar refractivity (Wildman–Crippen MR) is 106 cm³/mol. The van der Waals surface area contributed by atoms with Gasteiger partial charge >= 0.3 is 0 Å². The minimum atomic E-state index is -0.0679. The van der Waals surface area contributed by atoms with E-state index in [1.54, 1.807) is 19.5 Å². The van der Waals surface area contributed by atoms with Crippen LogP contribution in [0.25, 0.3) is 0 Å². The van der Waals surface area contributed by atoms with E-state index in [1.807, 2.05) is 24.3 Å². The van der Waals surface area contributed by atoms with Gasteiger partial charge in [-0.1, -0.05) is 18.2 Å². The van der Waals surface area contributed by atoms with Crippen LogP contribution in [0, 0.1) is 5.92 Å². The average molecular weight is 381 g/mol. The maximum Gasteiger partial charge on any atom is 0.224 e. The lowest BCUT2D eigenvalue weighted by Gasteiger charge is -2.40. The summed E-state index contributed by atoms with van der Waals surface area (Å²) in [6, 6.07) is 12.4. The lowest BCUT2D eigenvalue weighted by Crippen LogP contribution is -2.52. The third-order valence-corrected chi connectivity index (χ3v) is 5.70. The van der Waals surface area contributed by atoms with Crippen molar-refractivity contribution < 1.29 is 14.3 Å². The summed E-state index contributed by atoms with van der Waals surface area (Å²) in [6.07, 6.45) is 5.47. The molecular weight excluding hydrogens is 354 g/mol. The molecule has 4 rings (SSSR count). The smallest absolute Gasteiger partial charge is 0.224 e. The molecule has 0 aliphatic carbocycles. The number of piperidine rings is 1. The molecule has 2 fully saturated rings. The van der Waals surface area contributed by atoms with E-state index in [0.29, 0.717) is 12.6 Å². The zero-order valence-electron chi connectivity index (χ0n) is 16.2. The molecule has 1 N–H and O–H groups in total.